The number of carbonyl (C=O) groups is 1. The summed E-state index contributed by atoms with van der Waals surface area (Å²) in [6.07, 6.45) is 1.31. The van der Waals surface area contributed by atoms with Gasteiger partial charge in [0.05, 0.1) is 5.75 Å². The van der Waals surface area contributed by atoms with Crippen molar-refractivity contribution in [1.29, 1.82) is 0 Å². The first-order valence-electron chi connectivity index (χ1n) is 7.21. The van der Waals surface area contributed by atoms with Crippen LogP contribution >= 0.6 is 0 Å². The SMILES string of the molecule is CCC(C)c1ccc(N2CC(CS(N)(=O)=O)CC2=O)cc1. The molecule has 2 N–H and O–H groups in total. The Kier molecular flexibility index (Phi) is 4.68. The number of carbonyl (C=O) groups excluding carboxylic acids is 1. The lowest BCUT2D eigenvalue weighted by molar-refractivity contribution is -0.117. The van der Waals surface area contributed by atoms with Crippen LogP contribution in [0.15, 0.2) is 24.3 Å². The van der Waals surface area contributed by atoms with Gasteiger partial charge in [-0.05, 0) is 30.0 Å². The van der Waals surface area contributed by atoms with Gasteiger partial charge < -0.3 is 4.90 Å². The van der Waals surface area contributed by atoms with Crippen molar-refractivity contribution in [1.82, 2.24) is 0 Å². The number of hydrogen-bond acceptors (Lipinski definition) is 3. The lowest BCUT2D eigenvalue weighted by atomic mass is 9.98. The molecule has 1 aromatic carbocycles. The molecule has 5 nitrogen and oxygen atoms in total. The summed E-state index contributed by atoms with van der Waals surface area (Å²) in [5.41, 5.74) is 2.07. The molecule has 1 aromatic rings. The van der Waals surface area contributed by atoms with Crippen LogP contribution in [0.3, 0.4) is 0 Å². The van der Waals surface area contributed by atoms with Crippen molar-refractivity contribution in [2.75, 3.05) is 17.2 Å². The molecule has 1 saturated heterocycles. The second-order valence-corrected chi connectivity index (χ2v) is 7.46. The third-order valence-electron chi connectivity index (χ3n) is 4.06. The maximum absolute atomic E-state index is 12.0. The van der Waals surface area contributed by atoms with E-state index >= 15 is 0 Å². The maximum atomic E-state index is 12.0. The Bertz CT molecular complexity index is 610. The highest BCUT2D eigenvalue weighted by Crippen LogP contribution is 2.27. The van der Waals surface area contributed by atoms with Gasteiger partial charge in [-0.1, -0.05) is 26.0 Å². The van der Waals surface area contributed by atoms with Crippen LogP contribution in [0.2, 0.25) is 0 Å². The van der Waals surface area contributed by atoms with Gasteiger partial charge in [-0.25, -0.2) is 13.6 Å². The van der Waals surface area contributed by atoms with Gasteiger partial charge in [-0.15, -0.1) is 0 Å². The highest BCUT2D eigenvalue weighted by atomic mass is 32.2. The Morgan fingerprint density at radius 3 is 2.48 bits per heavy atom. The van der Waals surface area contributed by atoms with E-state index in [2.05, 4.69) is 13.8 Å². The van der Waals surface area contributed by atoms with E-state index in [0.29, 0.717) is 12.5 Å². The maximum Gasteiger partial charge on any atom is 0.227 e. The van der Waals surface area contributed by atoms with Gasteiger partial charge in [0.1, 0.15) is 0 Å². The van der Waals surface area contributed by atoms with Gasteiger partial charge in [0.15, 0.2) is 0 Å². The average Bonchev–Trinajstić information content (AvgIpc) is 2.76. The van der Waals surface area contributed by atoms with Gasteiger partial charge in [-0.3, -0.25) is 4.79 Å². The Labute approximate surface area is 126 Å². The van der Waals surface area contributed by atoms with E-state index in [4.69, 9.17) is 5.14 Å². The van der Waals surface area contributed by atoms with Gasteiger partial charge in [0, 0.05) is 24.6 Å². The Hall–Kier alpha value is -1.40. The summed E-state index contributed by atoms with van der Waals surface area (Å²) in [7, 11) is -3.54. The van der Waals surface area contributed by atoms with Crippen molar-refractivity contribution in [2.45, 2.75) is 32.6 Å². The summed E-state index contributed by atoms with van der Waals surface area (Å²) in [4.78, 5) is 13.7. The fourth-order valence-electron chi connectivity index (χ4n) is 2.69. The van der Waals surface area contributed by atoms with E-state index in [-0.39, 0.29) is 24.0 Å². The topological polar surface area (TPSA) is 80.5 Å². The first-order valence-corrected chi connectivity index (χ1v) is 8.92. The molecule has 0 aliphatic carbocycles. The molecule has 1 heterocycles. The predicted molar refractivity (Wildman–Crippen MR) is 83.6 cm³/mol. The standard InChI is InChI=1S/C15H22N2O3S/c1-3-11(2)13-4-6-14(7-5-13)17-9-12(8-15(17)18)10-21(16,19)20/h4-7,11-12H,3,8-10H2,1-2H3,(H2,16,19,20). The summed E-state index contributed by atoms with van der Waals surface area (Å²) in [5.74, 6) is 0.0883. The zero-order chi connectivity index (χ0) is 15.6. The van der Waals surface area contributed by atoms with Crippen molar-refractivity contribution in [3.63, 3.8) is 0 Å². The van der Waals surface area contributed by atoms with E-state index in [9.17, 15) is 13.2 Å². The van der Waals surface area contributed by atoms with E-state index in [1.54, 1.807) is 4.90 Å². The molecule has 1 fully saturated rings. The van der Waals surface area contributed by atoms with Gasteiger partial charge in [0.25, 0.3) is 0 Å². The minimum absolute atomic E-state index is 0.0417. The molecule has 1 aliphatic heterocycles. The third-order valence-corrected chi connectivity index (χ3v) is 5.00. The first kappa shape index (κ1) is 16.0. The highest BCUT2D eigenvalue weighted by Gasteiger charge is 2.32. The summed E-state index contributed by atoms with van der Waals surface area (Å²) in [6.45, 7) is 4.72. The van der Waals surface area contributed by atoms with Gasteiger partial charge in [-0.2, -0.15) is 0 Å². The lowest BCUT2D eigenvalue weighted by Crippen LogP contribution is -2.27. The molecule has 0 aromatic heterocycles. The molecule has 116 valence electrons. The molecule has 21 heavy (non-hydrogen) atoms. The van der Waals surface area contributed by atoms with Crippen molar-refractivity contribution >= 4 is 21.6 Å². The Morgan fingerprint density at radius 1 is 1.33 bits per heavy atom. The zero-order valence-electron chi connectivity index (χ0n) is 12.5. The van der Waals surface area contributed by atoms with Crippen LogP contribution in [0.5, 0.6) is 0 Å². The van der Waals surface area contributed by atoms with Crippen LogP contribution in [0, 0.1) is 5.92 Å². The van der Waals surface area contributed by atoms with Crippen LogP contribution in [-0.4, -0.2) is 26.6 Å². The molecule has 1 aliphatic rings. The van der Waals surface area contributed by atoms with Crippen molar-refractivity contribution in [2.24, 2.45) is 11.1 Å². The number of primary sulfonamides is 1. The number of benzene rings is 1. The molecule has 2 atom stereocenters. The molecular weight excluding hydrogens is 288 g/mol. The first-order chi connectivity index (χ1) is 9.80. The van der Waals surface area contributed by atoms with Crippen molar-refractivity contribution in [3.05, 3.63) is 29.8 Å². The number of rotatable bonds is 5. The van der Waals surface area contributed by atoms with Crippen LogP contribution in [-0.2, 0) is 14.8 Å². The van der Waals surface area contributed by atoms with E-state index < -0.39 is 10.0 Å². The summed E-state index contributed by atoms with van der Waals surface area (Å²) in [5, 5.41) is 5.06. The largest absolute Gasteiger partial charge is 0.312 e. The highest BCUT2D eigenvalue weighted by molar-refractivity contribution is 7.89. The fourth-order valence-corrected chi connectivity index (χ4v) is 3.57. The van der Waals surface area contributed by atoms with Crippen LogP contribution in [0.4, 0.5) is 5.69 Å². The van der Waals surface area contributed by atoms with E-state index in [0.717, 1.165) is 12.1 Å². The molecule has 2 unspecified atom stereocenters. The van der Waals surface area contributed by atoms with Crippen molar-refractivity contribution in [3.8, 4) is 0 Å². The summed E-state index contributed by atoms with van der Waals surface area (Å²) in [6, 6.07) is 7.92. The number of sulfonamides is 1. The van der Waals surface area contributed by atoms with Crippen LogP contribution < -0.4 is 10.0 Å². The monoisotopic (exact) mass is 310 g/mol. The normalized spacial score (nSPS) is 20.8. The molecule has 0 saturated carbocycles. The van der Waals surface area contributed by atoms with Gasteiger partial charge in [0.2, 0.25) is 15.9 Å². The molecule has 1 amide bonds. The van der Waals surface area contributed by atoms with Gasteiger partial charge >= 0.3 is 0 Å². The zero-order valence-corrected chi connectivity index (χ0v) is 13.3. The van der Waals surface area contributed by atoms with Crippen molar-refractivity contribution < 1.29 is 13.2 Å². The average molecular weight is 310 g/mol. The second-order valence-electron chi connectivity index (χ2n) is 5.80. The number of nitrogens with zero attached hydrogens (tertiary/aromatic N) is 1. The fraction of sp³-hybridized carbons (Fsp3) is 0.533. The molecule has 2 rings (SSSR count). The minimum atomic E-state index is -3.54. The molecule has 6 heteroatoms. The second kappa shape index (κ2) is 6.15. The molecule has 0 bridgehead atoms. The number of amides is 1. The van der Waals surface area contributed by atoms with E-state index in [1.807, 2.05) is 24.3 Å². The smallest absolute Gasteiger partial charge is 0.227 e. The molecular formula is C15H22N2O3S. The Morgan fingerprint density at radius 2 is 1.95 bits per heavy atom. The molecule has 0 radical (unpaired) electrons. The number of hydrogen-bond donors (Lipinski definition) is 1. The third kappa shape index (κ3) is 4.04. The summed E-state index contributed by atoms with van der Waals surface area (Å²) >= 11 is 0. The summed E-state index contributed by atoms with van der Waals surface area (Å²) < 4.78 is 22.3. The Balaban J connectivity index is 2.10. The minimum Gasteiger partial charge on any atom is -0.312 e. The van der Waals surface area contributed by atoms with Crippen LogP contribution in [0.25, 0.3) is 0 Å². The van der Waals surface area contributed by atoms with E-state index in [1.165, 1.54) is 5.56 Å². The predicted octanol–water partition coefficient (Wildman–Crippen LogP) is 1.84. The molecule has 0 spiro atoms. The number of nitrogens with two attached hydrogens (primary N) is 1. The number of anilines is 1. The quantitative estimate of drug-likeness (QED) is 0.901. The lowest BCUT2D eigenvalue weighted by Gasteiger charge is -2.18. The van der Waals surface area contributed by atoms with Crippen LogP contribution in [0.1, 0.15) is 38.2 Å².